The van der Waals surface area contributed by atoms with E-state index in [1.807, 2.05) is 0 Å². The topological polar surface area (TPSA) is 22.1 Å². The first-order chi connectivity index (χ1) is 6.01. The lowest BCUT2D eigenvalue weighted by Gasteiger charge is -2.08. The van der Waals surface area contributed by atoms with Crippen molar-refractivity contribution in [3.63, 3.8) is 0 Å². The summed E-state index contributed by atoms with van der Waals surface area (Å²) in [6.45, 7) is -0.922. The molecule has 72 valence electrons. The number of hydrogen-bond acceptors (Lipinski definition) is 2. The molecule has 0 spiro atoms. The number of aromatic nitrogens is 1. The van der Waals surface area contributed by atoms with Crippen molar-refractivity contribution < 1.29 is 22.3 Å². The second-order valence-electron chi connectivity index (χ2n) is 2.16. The van der Waals surface area contributed by atoms with Crippen LogP contribution in [0.4, 0.5) is 17.6 Å². The van der Waals surface area contributed by atoms with Crippen LogP contribution in [-0.2, 0) is 6.67 Å². The van der Waals surface area contributed by atoms with Gasteiger partial charge < -0.3 is 4.74 Å². The van der Waals surface area contributed by atoms with Gasteiger partial charge >= 0.3 is 6.36 Å². The van der Waals surface area contributed by atoms with Gasteiger partial charge in [0.1, 0.15) is 12.4 Å². The molecule has 1 aromatic heterocycles. The van der Waals surface area contributed by atoms with Crippen molar-refractivity contribution in [2.75, 3.05) is 0 Å². The Morgan fingerprint density at radius 2 is 2.08 bits per heavy atom. The predicted molar refractivity (Wildman–Crippen MR) is 35.7 cm³/mol. The minimum absolute atomic E-state index is 0.0956. The minimum Gasteiger partial charge on any atom is -0.406 e. The summed E-state index contributed by atoms with van der Waals surface area (Å²) < 4.78 is 50.4. The van der Waals surface area contributed by atoms with Crippen LogP contribution in [0.3, 0.4) is 0 Å². The standard InChI is InChI=1S/C7H5F4NO/c8-4-5-3-6(1-2-12-5)13-7(9,10)11/h1-3H,4H2. The van der Waals surface area contributed by atoms with E-state index in [2.05, 4.69) is 9.72 Å². The molecule has 13 heavy (non-hydrogen) atoms. The SMILES string of the molecule is FCc1cc(OC(F)(F)F)ccn1. The molecule has 0 aliphatic heterocycles. The Hall–Kier alpha value is -1.33. The van der Waals surface area contributed by atoms with Gasteiger partial charge in [-0.25, -0.2) is 4.39 Å². The van der Waals surface area contributed by atoms with Crippen molar-refractivity contribution in [1.82, 2.24) is 4.98 Å². The third-order valence-electron chi connectivity index (χ3n) is 1.16. The summed E-state index contributed by atoms with van der Waals surface area (Å²) in [7, 11) is 0. The highest BCUT2D eigenvalue weighted by Gasteiger charge is 2.31. The van der Waals surface area contributed by atoms with Gasteiger partial charge in [0, 0.05) is 12.3 Å². The minimum atomic E-state index is -4.76. The molecule has 0 bridgehead atoms. The Morgan fingerprint density at radius 3 is 2.62 bits per heavy atom. The summed E-state index contributed by atoms with van der Waals surface area (Å²) in [6, 6.07) is 1.90. The van der Waals surface area contributed by atoms with Crippen LogP contribution in [0.5, 0.6) is 5.75 Å². The summed E-state index contributed by atoms with van der Waals surface area (Å²) in [6.07, 6.45) is -3.70. The van der Waals surface area contributed by atoms with Crippen molar-refractivity contribution in [3.8, 4) is 5.75 Å². The second kappa shape index (κ2) is 3.59. The number of pyridine rings is 1. The largest absolute Gasteiger partial charge is 0.573 e. The average Bonchev–Trinajstić information content (AvgIpc) is 2.01. The zero-order valence-electron chi connectivity index (χ0n) is 6.31. The van der Waals surface area contributed by atoms with Gasteiger partial charge in [0.25, 0.3) is 0 Å². The van der Waals surface area contributed by atoms with Crippen LogP contribution in [0.2, 0.25) is 0 Å². The van der Waals surface area contributed by atoms with E-state index in [0.717, 1.165) is 18.3 Å². The Labute approximate surface area is 71.2 Å². The number of halogens is 4. The number of alkyl halides is 4. The summed E-state index contributed by atoms with van der Waals surface area (Å²) in [5.41, 5.74) is -0.0956. The van der Waals surface area contributed by atoms with Crippen LogP contribution in [0.15, 0.2) is 18.3 Å². The molecule has 1 aromatic rings. The van der Waals surface area contributed by atoms with Crippen LogP contribution in [0.1, 0.15) is 5.69 Å². The lowest BCUT2D eigenvalue weighted by atomic mass is 10.3. The van der Waals surface area contributed by atoms with Gasteiger partial charge in [0.15, 0.2) is 0 Å². The van der Waals surface area contributed by atoms with Gasteiger partial charge in [-0.15, -0.1) is 13.2 Å². The van der Waals surface area contributed by atoms with E-state index in [9.17, 15) is 17.6 Å². The fourth-order valence-corrected chi connectivity index (χ4v) is 0.726. The van der Waals surface area contributed by atoms with Crippen LogP contribution in [0, 0.1) is 0 Å². The van der Waals surface area contributed by atoms with Crippen molar-refractivity contribution in [3.05, 3.63) is 24.0 Å². The molecular weight excluding hydrogens is 190 g/mol. The van der Waals surface area contributed by atoms with E-state index in [1.165, 1.54) is 0 Å². The average molecular weight is 195 g/mol. The maximum Gasteiger partial charge on any atom is 0.573 e. The van der Waals surface area contributed by atoms with Crippen molar-refractivity contribution in [1.29, 1.82) is 0 Å². The van der Waals surface area contributed by atoms with E-state index < -0.39 is 18.8 Å². The molecule has 0 saturated carbocycles. The molecule has 0 unspecified atom stereocenters. The zero-order valence-corrected chi connectivity index (χ0v) is 6.31. The van der Waals surface area contributed by atoms with Crippen LogP contribution < -0.4 is 4.74 Å². The number of rotatable bonds is 2. The fourth-order valence-electron chi connectivity index (χ4n) is 0.726. The quantitative estimate of drug-likeness (QED) is 0.676. The first-order valence-corrected chi connectivity index (χ1v) is 3.28. The summed E-state index contributed by atoms with van der Waals surface area (Å²) in [4.78, 5) is 3.47. The zero-order chi connectivity index (χ0) is 9.90. The molecule has 0 saturated heterocycles. The van der Waals surface area contributed by atoms with Crippen molar-refractivity contribution in [2.45, 2.75) is 13.0 Å². The third kappa shape index (κ3) is 3.27. The molecule has 1 rings (SSSR count). The maximum atomic E-state index is 11.9. The molecular formula is C7H5F4NO. The monoisotopic (exact) mass is 195 g/mol. The van der Waals surface area contributed by atoms with Crippen molar-refractivity contribution >= 4 is 0 Å². The number of nitrogens with zero attached hydrogens (tertiary/aromatic N) is 1. The highest BCUT2D eigenvalue weighted by molar-refractivity contribution is 5.22. The summed E-state index contributed by atoms with van der Waals surface area (Å²) in [5.74, 6) is -0.463. The van der Waals surface area contributed by atoms with E-state index in [-0.39, 0.29) is 5.69 Å². The molecule has 1 heterocycles. The molecule has 2 nitrogen and oxygen atoms in total. The predicted octanol–water partition coefficient (Wildman–Crippen LogP) is 2.45. The van der Waals surface area contributed by atoms with Gasteiger partial charge in [0.2, 0.25) is 0 Å². The lowest BCUT2D eigenvalue weighted by Crippen LogP contribution is -2.17. The van der Waals surface area contributed by atoms with Gasteiger partial charge in [-0.1, -0.05) is 0 Å². The molecule has 0 N–H and O–H groups in total. The van der Waals surface area contributed by atoms with E-state index >= 15 is 0 Å². The summed E-state index contributed by atoms with van der Waals surface area (Å²) in [5, 5.41) is 0. The van der Waals surface area contributed by atoms with E-state index in [4.69, 9.17) is 0 Å². The van der Waals surface area contributed by atoms with Crippen LogP contribution in [-0.4, -0.2) is 11.3 Å². The molecule has 0 atom stereocenters. The molecule has 0 radical (unpaired) electrons. The summed E-state index contributed by atoms with van der Waals surface area (Å²) >= 11 is 0. The van der Waals surface area contributed by atoms with E-state index in [1.54, 1.807) is 0 Å². The highest BCUT2D eigenvalue weighted by atomic mass is 19.4. The number of ether oxygens (including phenoxy) is 1. The number of hydrogen-bond donors (Lipinski definition) is 0. The smallest absolute Gasteiger partial charge is 0.406 e. The Balaban J connectivity index is 2.78. The molecule has 0 aliphatic carbocycles. The van der Waals surface area contributed by atoms with Gasteiger partial charge in [-0.3, -0.25) is 4.98 Å². The normalized spacial score (nSPS) is 11.4. The van der Waals surface area contributed by atoms with Crippen LogP contribution >= 0.6 is 0 Å². The Kier molecular flexibility index (Phi) is 2.69. The van der Waals surface area contributed by atoms with Gasteiger partial charge in [-0.05, 0) is 6.07 Å². The lowest BCUT2D eigenvalue weighted by molar-refractivity contribution is -0.274. The first-order valence-electron chi connectivity index (χ1n) is 3.28. The highest BCUT2D eigenvalue weighted by Crippen LogP contribution is 2.22. The molecule has 0 fully saturated rings. The van der Waals surface area contributed by atoms with Crippen molar-refractivity contribution in [2.24, 2.45) is 0 Å². The Morgan fingerprint density at radius 1 is 1.38 bits per heavy atom. The second-order valence-corrected chi connectivity index (χ2v) is 2.16. The van der Waals surface area contributed by atoms with Gasteiger partial charge in [-0.2, -0.15) is 0 Å². The van der Waals surface area contributed by atoms with E-state index in [0.29, 0.717) is 0 Å². The molecule has 0 aromatic carbocycles. The molecule has 6 heteroatoms. The van der Waals surface area contributed by atoms with Gasteiger partial charge in [0.05, 0.1) is 5.69 Å². The molecule has 0 amide bonds. The third-order valence-corrected chi connectivity index (χ3v) is 1.16. The first kappa shape index (κ1) is 9.76. The fraction of sp³-hybridized carbons (Fsp3) is 0.286. The molecule has 0 aliphatic rings. The Bertz CT molecular complexity index is 286. The van der Waals surface area contributed by atoms with Crippen LogP contribution in [0.25, 0.3) is 0 Å². The maximum absolute atomic E-state index is 11.9.